The van der Waals surface area contributed by atoms with Gasteiger partial charge >= 0.3 is 5.91 Å². The third-order valence-corrected chi connectivity index (χ3v) is 4.56. The highest BCUT2D eigenvalue weighted by Crippen LogP contribution is 2.12. The van der Waals surface area contributed by atoms with Crippen LogP contribution in [-0.4, -0.2) is 38.6 Å². The van der Waals surface area contributed by atoms with Gasteiger partial charge < -0.3 is 5.32 Å². The maximum atomic E-state index is 12.6. The van der Waals surface area contributed by atoms with Gasteiger partial charge in [0, 0.05) is 25.1 Å². The Morgan fingerprint density at radius 1 is 1.19 bits per heavy atom. The molecule has 3 aromatic rings. The van der Waals surface area contributed by atoms with Gasteiger partial charge in [0.25, 0.3) is 0 Å². The number of pyridine rings is 1. The molecule has 1 saturated heterocycles. The molecule has 0 unspecified atom stereocenters. The lowest BCUT2D eigenvalue weighted by molar-refractivity contribution is -0.940. The number of hydrogen-bond acceptors (Lipinski definition) is 5. The third kappa shape index (κ3) is 3.65. The summed E-state index contributed by atoms with van der Waals surface area (Å²) in [5.74, 6) is 0.565. The number of aromatic nitrogens is 4. The predicted molar refractivity (Wildman–Crippen MR) is 96.6 cm³/mol. The molecule has 4 rings (SSSR count). The van der Waals surface area contributed by atoms with Crippen molar-refractivity contribution in [2.45, 2.75) is 25.8 Å². The molecule has 0 bridgehead atoms. The van der Waals surface area contributed by atoms with Crippen molar-refractivity contribution in [3.63, 3.8) is 0 Å². The SMILES string of the molecule is O=C(N[NH+]1CCCCC1)c1cnn2ccc(NCc3cccnc3)nc12. The summed E-state index contributed by atoms with van der Waals surface area (Å²) in [6, 6.07) is 5.74. The van der Waals surface area contributed by atoms with E-state index in [1.54, 1.807) is 23.1 Å². The monoisotopic (exact) mass is 352 g/mol. The maximum Gasteiger partial charge on any atom is 0.301 e. The molecule has 0 atom stereocenters. The van der Waals surface area contributed by atoms with Gasteiger partial charge in [-0.2, -0.15) is 10.5 Å². The Morgan fingerprint density at radius 3 is 2.88 bits per heavy atom. The quantitative estimate of drug-likeness (QED) is 0.620. The lowest BCUT2D eigenvalue weighted by Gasteiger charge is -2.22. The Bertz CT molecular complexity index is 887. The molecule has 0 aromatic carbocycles. The van der Waals surface area contributed by atoms with Gasteiger partial charge in [0.05, 0.1) is 19.3 Å². The molecule has 0 saturated carbocycles. The minimum Gasteiger partial charge on any atom is -0.366 e. The minimum atomic E-state index is -0.131. The largest absolute Gasteiger partial charge is 0.366 e. The van der Waals surface area contributed by atoms with Crippen LogP contribution in [0.2, 0.25) is 0 Å². The van der Waals surface area contributed by atoms with Crippen LogP contribution < -0.4 is 15.8 Å². The number of piperidine rings is 1. The molecule has 0 radical (unpaired) electrons. The summed E-state index contributed by atoms with van der Waals surface area (Å²) in [5.41, 5.74) is 5.16. The number of amides is 1. The summed E-state index contributed by atoms with van der Waals surface area (Å²) in [5, 5.41) is 8.62. The van der Waals surface area contributed by atoms with Gasteiger partial charge in [0.1, 0.15) is 11.4 Å². The van der Waals surface area contributed by atoms with Crippen LogP contribution in [0.15, 0.2) is 43.0 Å². The summed E-state index contributed by atoms with van der Waals surface area (Å²) in [6.07, 6.45) is 10.5. The van der Waals surface area contributed by atoms with Crippen molar-refractivity contribution in [1.82, 2.24) is 25.0 Å². The zero-order valence-electron chi connectivity index (χ0n) is 14.5. The average Bonchev–Trinajstić information content (AvgIpc) is 3.11. The highest BCUT2D eigenvalue weighted by molar-refractivity contribution is 5.99. The summed E-state index contributed by atoms with van der Waals surface area (Å²) in [7, 11) is 0. The van der Waals surface area contributed by atoms with Gasteiger partial charge in [0.2, 0.25) is 0 Å². The Hall–Kier alpha value is -3.00. The van der Waals surface area contributed by atoms with Crippen LogP contribution in [0.4, 0.5) is 5.82 Å². The van der Waals surface area contributed by atoms with E-state index in [4.69, 9.17) is 0 Å². The molecular weight excluding hydrogens is 330 g/mol. The molecule has 1 aliphatic heterocycles. The molecule has 8 nitrogen and oxygen atoms in total. The fraction of sp³-hybridized carbons (Fsp3) is 0.333. The second kappa shape index (κ2) is 7.49. The molecule has 1 fully saturated rings. The molecule has 26 heavy (non-hydrogen) atoms. The van der Waals surface area contributed by atoms with Crippen LogP contribution in [-0.2, 0) is 6.54 Å². The van der Waals surface area contributed by atoms with E-state index in [0.29, 0.717) is 23.6 Å². The van der Waals surface area contributed by atoms with Crippen LogP contribution in [0.5, 0.6) is 0 Å². The topological polar surface area (TPSA) is 88.7 Å². The first-order valence-electron chi connectivity index (χ1n) is 8.93. The summed E-state index contributed by atoms with van der Waals surface area (Å²) < 4.78 is 1.62. The van der Waals surface area contributed by atoms with Crippen molar-refractivity contribution >= 4 is 17.4 Å². The van der Waals surface area contributed by atoms with Crippen molar-refractivity contribution in [1.29, 1.82) is 0 Å². The van der Waals surface area contributed by atoms with Gasteiger partial charge in [-0.15, -0.1) is 0 Å². The van der Waals surface area contributed by atoms with E-state index < -0.39 is 0 Å². The summed E-state index contributed by atoms with van der Waals surface area (Å²) in [4.78, 5) is 21.3. The van der Waals surface area contributed by atoms with Crippen molar-refractivity contribution in [3.8, 4) is 0 Å². The van der Waals surface area contributed by atoms with Crippen LogP contribution >= 0.6 is 0 Å². The smallest absolute Gasteiger partial charge is 0.301 e. The normalized spacial score (nSPS) is 15.1. The molecule has 1 aliphatic rings. The lowest BCUT2D eigenvalue weighted by atomic mass is 10.2. The molecular formula is C18H22N7O+. The first-order valence-corrected chi connectivity index (χ1v) is 8.93. The number of anilines is 1. The number of quaternary nitrogens is 1. The number of carbonyl (C=O) groups is 1. The number of nitrogens with zero attached hydrogens (tertiary/aromatic N) is 4. The van der Waals surface area contributed by atoms with E-state index in [2.05, 4.69) is 25.8 Å². The van der Waals surface area contributed by atoms with E-state index in [9.17, 15) is 4.79 Å². The van der Waals surface area contributed by atoms with E-state index in [-0.39, 0.29) is 5.91 Å². The lowest BCUT2D eigenvalue weighted by Crippen LogP contribution is -3.19. The maximum absolute atomic E-state index is 12.6. The van der Waals surface area contributed by atoms with E-state index in [1.165, 1.54) is 6.42 Å². The van der Waals surface area contributed by atoms with Gasteiger partial charge in [-0.05, 0) is 37.0 Å². The molecule has 0 aliphatic carbocycles. The van der Waals surface area contributed by atoms with Gasteiger partial charge in [-0.1, -0.05) is 6.07 Å². The van der Waals surface area contributed by atoms with Crippen LogP contribution in [0.25, 0.3) is 5.65 Å². The Balaban J connectivity index is 1.49. The summed E-state index contributed by atoms with van der Waals surface area (Å²) in [6.45, 7) is 2.55. The molecule has 0 spiro atoms. The van der Waals surface area contributed by atoms with Crippen LogP contribution in [0, 0.1) is 0 Å². The second-order valence-corrected chi connectivity index (χ2v) is 6.47. The van der Waals surface area contributed by atoms with E-state index in [0.717, 1.165) is 36.5 Å². The average molecular weight is 352 g/mol. The number of fused-ring (bicyclic) bond motifs is 1. The second-order valence-electron chi connectivity index (χ2n) is 6.47. The van der Waals surface area contributed by atoms with E-state index in [1.807, 2.05) is 24.4 Å². The first-order chi connectivity index (χ1) is 12.8. The van der Waals surface area contributed by atoms with Gasteiger partial charge in [0.15, 0.2) is 5.65 Å². The fourth-order valence-corrected chi connectivity index (χ4v) is 3.15. The van der Waals surface area contributed by atoms with Crippen molar-refractivity contribution in [2.24, 2.45) is 0 Å². The molecule has 3 N–H and O–H groups in total. The van der Waals surface area contributed by atoms with Crippen molar-refractivity contribution < 1.29 is 9.80 Å². The molecule has 134 valence electrons. The van der Waals surface area contributed by atoms with Gasteiger partial charge in [-0.25, -0.2) is 14.5 Å². The number of carbonyl (C=O) groups excluding carboxylic acids is 1. The first kappa shape index (κ1) is 16.5. The van der Waals surface area contributed by atoms with Crippen LogP contribution in [0.1, 0.15) is 35.2 Å². The number of rotatable bonds is 5. The number of nitrogens with one attached hydrogen (secondary N) is 3. The zero-order chi connectivity index (χ0) is 17.8. The third-order valence-electron chi connectivity index (χ3n) is 4.56. The Kier molecular flexibility index (Phi) is 4.74. The Morgan fingerprint density at radius 2 is 2.08 bits per heavy atom. The highest BCUT2D eigenvalue weighted by atomic mass is 16.2. The number of hydrogen-bond donors (Lipinski definition) is 3. The van der Waals surface area contributed by atoms with E-state index >= 15 is 0 Å². The molecule has 1 amide bonds. The predicted octanol–water partition coefficient (Wildman–Crippen LogP) is 0.450. The highest BCUT2D eigenvalue weighted by Gasteiger charge is 2.21. The fourth-order valence-electron chi connectivity index (χ4n) is 3.15. The van der Waals surface area contributed by atoms with Gasteiger partial charge in [-0.3, -0.25) is 9.78 Å². The van der Waals surface area contributed by atoms with Crippen LogP contribution in [0.3, 0.4) is 0 Å². The zero-order valence-corrected chi connectivity index (χ0v) is 14.5. The molecule has 4 heterocycles. The minimum absolute atomic E-state index is 0.131. The molecule has 3 aromatic heterocycles. The van der Waals surface area contributed by atoms with Crippen molar-refractivity contribution in [2.75, 3.05) is 18.4 Å². The van der Waals surface area contributed by atoms with Crippen molar-refractivity contribution in [3.05, 3.63) is 54.1 Å². The summed E-state index contributed by atoms with van der Waals surface area (Å²) >= 11 is 0. The molecule has 8 heteroatoms. The Labute approximate surface area is 151 Å². The standard InChI is InChI=1S/C18H21N7O/c26-18(23-24-8-2-1-3-9-24)15-13-21-25-10-6-16(22-17(15)25)20-12-14-5-4-7-19-11-14/h4-7,10-11,13H,1-3,8-9,12H2,(H,20,22)(H,23,26)/p+1.